The van der Waals surface area contributed by atoms with Gasteiger partial charge in [0.15, 0.2) is 0 Å². The minimum Gasteiger partial charge on any atom is -0.324 e. The first-order chi connectivity index (χ1) is 13.8. The Hall–Kier alpha value is -1.39. The molecule has 2 aliphatic heterocycles. The van der Waals surface area contributed by atoms with E-state index in [0.29, 0.717) is 12.0 Å². The zero-order valence-corrected chi connectivity index (χ0v) is 17.0. The van der Waals surface area contributed by atoms with Crippen molar-refractivity contribution in [2.24, 2.45) is 17.8 Å². The molecule has 6 rings (SSSR count). The number of nitrogens with one attached hydrogen (secondary N) is 1. The first-order valence-electron chi connectivity index (χ1n) is 11.7. The number of benzene rings is 1. The maximum Gasteiger partial charge on any atom is 0.114 e. The lowest BCUT2D eigenvalue weighted by molar-refractivity contribution is 0.141. The van der Waals surface area contributed by atoms with Crippen LogP contribution in [0.2, 0.25) is 0 Å². The summed E-state index contributed by atoms with van der Waals surface area (Å²) < 4.78 is 2.64. The van der Waals surface area contributed by atoms with Gasteiger partial charge < -0.3 is 14.8 Å². The van der Waals surface area contributed by atoms with E-state index in [1.807, 2.05) is 0 Å². The summed E-state index contributed by atoms with van der Waals surface area (Å²) in [6, 6.07) is 9.42. The zero-order chi connectivity index (χ0) is 18.5. The predicted octanol–water partition coefficient (Wildman–Crippen LogP) is 4.19. The van der Waals surface area contributed by atoms with Crippen molar-refractivity contribution in [1.82, 2.24) is 19.8 Å². The summed E-state index contributed by atoms with van der Waals surface area (Å²) in [6.07, 6.45) is 9.91. The first-order valence-corrected chi connectivity index (χ1v) is 11.7. The summed E-state index contributed by atoms with van der Waals surface area (Å²) in [5.74, 6) is 5.07. The number of likely N-dealkylation sites (tertiary alicyclic amines) is 1. The molecule has 2 bridgehead atoms. The van der Waals surface area contributed by atoms with Crippen molar-refractivity contribution in [2.75, 3.05) is 32.7 Å². The molecule has 4 aliphatic rings. The van der Waals surface area contributed by atoms with Crippen LogP contribution in [0.3, 0.4) is 0 Å². The molecule has 0 amide bonds. The van der Waals surface area contributed by atoms with Gasteiger partial charge in [0.2, 0.25) is 0 Å². The van der Waals surface area contributed by atoms with Crippen molar-refractivity contribution in [2.45, 2.75) is 56.9 Å². The average Bonchev–Trinajstić information content (AvgIpc) is 3.51. The molecule has 0 radical (unpaired) electrons. The van der Waals surface area contributed by atoms with Gasteiger partial charge in [-0.1, -0.05) is 18.6 Å². The van der Waals surface area contributed by atoms with E-state index < -0.39 is 0 Å². The second kappa shape index (κ2) is 7.14. The van der Waals surface area contributed by atoms with Gasteiger partial charge in [-0.3, -0.25) is 0 Å². The molecular weight excluding hydrogens is 344 g/mol. The molecule has 2 aromatic rings. The van der Waals surface area contributed by atoms with Crippen LogP contribution < -0.4 is 5.32 Å². The van der Waals surface area contributed by atoms with Gasteiger partial charge in [-0.15, -0.1) is 0 Å². The van der Waals surface area contributed by atoms with Crippen LogP contribution >= 0.6 is 0 Å². The van der Waals surface area contributed by atoms with E-state index in [4.69, 9.17) is 4.98 Å². The van der Waals surface area contributed by atoms with Crippen LogP contribution in [0.4, 0.5) is 0 Å². The summed E-state index contributed by atoms with van der Waals surface area (Å²) in [5.41, 5.74) is 2.55. The Bertz CT molecular complexity index is 828. The smallest absolute Gasteiger partial charge is 0.114 e. The minimum atomic E-state index is 0.583. The highest BCUT2D eigenvalue weighted by atomic mass is 15.2. The molecule has 4 nitrogen and oxygen atoms in total. The van der Waals surface area contributed by atoms with Crippen LogP contribution in [-0.4, -0.2) is 47.2 Å². The Labute approximate surface area is 168 Å². The summed E-state index contributed by atoms with van der Waals surface area (Å²) >= 11 is 0. The topological polar surface area (TPSA) is 33.1 Å². The molecule has 1 N–H and O–H groups in total. The van der Waals surface area contributed by atoms with Gasteiger partial charge in [0.05, 0.1) is 11.0 Å². The fourth-order valence-electron chi connectivity index (χ4n) is 6.90. The van der Waals surface area contributed by atoms with E-state index in [9.17, 15) is 0 Å². The molecule has 3 heterocycles. The normalized spacial score (nSPS) is 34.0. The molecular formula is C24H34N4. The van der Waals surface area contributed by atoms with E-state index in [1.165, 1.54) is 75.0 Å². The van der Waals surface area contributed by atoms with Crippen molar-refractivity contribution in [3.8, 4) is 0 Å². The van der Waals surface area contributed by atoms with Crippen LogP contribution in [0.5, 0.6) is 0 Å². The molecule has 1 aromatic heterocycles. The molecule has 28 heavy (non-hydrogen) atoms. The quantitative estimate of drug-likeness (QED) is 0.866. The van der Waals surface area contributed by atoms with E-state index >= 15 is 0 Å². The van der Waals surface area contributed by atoms with Crippen molar-refractivity contribution in [3.63, 3.8) is 0 Å². The maximum atomic E-state index is 5.11. The van der Waals surface area contributed by atoms with Gasteiger partial charge in [0, 0.05) is 38.1 Å². The van der Waals surface area contributed by atoms with Gasteiger partial charge in [-0.25, -0.2) is 4.98 Å². The summed E-state index contributed by atoms with van der Waals surface area (Å²) in [6.45, 7) is 6.14. The third-order valence-electron chi connectivity index (χ3n) is 8.35. The fourth-order valence-corrected chi connectivity index (χ4v) is 6.90. The van der Waals surface area contributed by atoms with E-state index in [2.05, 4.69) is 39.0 Å². The number of fused-ring (bicyclic) bond motifs is 3. The molecule has 4 fully saturated rings. The Balaban J connectivity index is 1.19. The molecule has 2 saturated heterocycles. The highest BCUT2D eigenvalue weighted by Crippen LogP contribution is 2.48. The molecule has 1 aromatic carbocycles. The average molecular weight is 379 g/mol. The predicted molar refractivity (Wildman–Crippen MR) is 114 cm³/mol. The number of rotatable bonds is 4. The second-order valence-electron chi connectivity index (χ2n) is 9.99. The summed E-state index contributed by atoms with van der Waals surface area (Å²) in [7, 11) is 0. The summed E-state index contributed by atoms with van der Waals surface area (Å²) in [4.78, 5) is 7.90. The van der Waals surface area contributed by atoms with Crippen LogP contribution in [-0.2, 0) is 0 Å². The van der Waals surface area contributed by atoms with Crippen LogP contribution in [0.25, 0.3) is 11.0 Å². The van der Waals surface area contributed by atoms with Crippen molar-refractivity contribution in [1.29, 1.82) is 0 Å². The lowest BCUT2D eigenvalue weighted by Gasteiger charge is -2.36. The fraction of sp³-hybridized carbons (Fsp3) is 0.708. The largest absolute Gasteiger partial charge is 0.324 e. The van der Waals surface area contributed by atoms with Gasteiger partial charge in [0.1, 0.15) is 5.82 Å². The van der Waals surface area contributed by atoms with Crippen LogP contribution in [0, 0.1) is 17.8 Å². The van der Waals surface area contributed by atoms with E-state index in [0.717, 1.165) is 30.8 Å². The van der Waals surface area contributed by atoms with E-state index in [1.54, 1.807) is 6.42 Å². The highest BCUT2D eigenvalue weighted by Gasteiger charge is 2.40. The van der Waals surface area contributed by atoms with Crippen molar-refractivity contribution < 1.29 is 0 Å². The maximum absolute atomic E-state index is 5.11. The number of nitrogens with zero attached hydrogens (tertiary/aromatic N) is 3. The van der Waals surface area contributed by atoms with Gasteiger partial charge in [0.25, 0.3) is 0 Å². The third-order valence-corrected chi connectivity index (χ3v) is 8.35. The summed E-state index contributed by atoms with van der Waals surface area (Å²) in [5, 5.41) is 3.54. The number of hydrogen-bond acceptors (Lipinski definition) is 3. The Morgan fingerprint density at radius 3 is 2.64 bits per heavy atom. The standard InChI is InChI=1S/C24H34N4/c1-2-4-23-22(3-1)26-24(19-7-10-25-15-19)28(23)21-8-11-27(12-9-21)16-20-14-17-5-6-18(20)13-17/h1-4,17-21,25H,5-16H2. The molecule has 4 heteroatoms. The minimum absolute atomic E-state index is 0.583. The SMILES string of the molecule is c1ccc2c(c1)nc(C1CCNC1)n2C1CCN(CC2CC3CCC2C3)CC1. The molecule has 2 aliphatic carbocycles. The highest BCUT2D eigenvalue weighted by molar-refractivity contribution is 5.76. The third kappa shape index (κ3) is 3.00. The Kier molecular flexibility index (Phi) is 4.45. The second-order valence-corrected chi connectivity index (χ2v) is 9.99. The van der Waals surface area contributed by atoms with Crippen LogP contribution in [0.15, 0.2) is 24.3 Å². The zero-order valence-electron chi connectivity index (χ0n) is 17.0. The molecule has 4 unspecified atom stereocenters. The monoisotopic (exact) mass is 378 g/mol. The molecule has 2 saturated carbocycles. The number of piperidine rings is 1. The molecule has 0 spiro atoms. The van der Waals surface area contributed by atoms with Gasteiger partial charge >= 0.3 is 0 Å². The van der Waals surface area contributed by atoms with E-state index in [-0.39, 0.29) is 0 Å². The number of hydrogen-bond donors (Lipinski definition) is 1. The van der Waals surface area contributed by atoms with Crippen LogP contribution in [0.1, 0.15) is 62.7 Å². The van der Waals surface area contributed by atoms with Gasteiger partial charge in [-0.2, -0.15) is 0 Å². The first kappa shape index (κ1) is 17.5. The Morgan fingerprint density at radius 1 is 1.00 bits per heavy atom. The lowest BCUT2D eigenvalue weighted by atomic mass is 9.88. The number of aromatic nitrogens is 2. The van der Waals surface area contributed by atoms with Crippen molar-refractivity contribution >= 4 is 11.0 Å². The number of para-hydroxylation sites is 2. The molecule has 150 valence electrons. The van der Waals surface area contributed by atoms with Crippen molar-refractivity contribution in [3.05, 3.63) is 30.1 Å². The van der Waals surface area contributed by atoms with Gasteiger partial charge in [-0.05, 0) is 75.0 Å². The Morgan fingerprint density at radius 2 is 1.89 bits per heavy atom. The molecule has 4 atom stereocenters. The lowest BCUT2D eigenvalue weighted by Crippen LogP contribution is -2.39. The number of imidazole rings is 1.